The molecule has 0 bridgehead atoms. The lowest BCUT2D eigenvalue weighted by molar-refractivity contribution is -0.141. The van der Waals surface area contributed by atoms with E-state index in [2.05, 4.69) is 10.3 Å². The lowest BCUT2D eigenvalue weighted by Crippen LogP contribution is -2.42. The molecule has 176 valence electrons. The van der Waals surface area contributed by atoms with Crippen molar-refractivity contribution in [1.29, 1.82) is 0 Å². The van der Waals surface area contributed by atoms with E-state index < -0.39 is 11.4 Å². The summed E-state index contributed by atoms with van der Waals surface area (Å²) in [7, 11) is 1.35. The molecule has 0 aliphatic heterocycles. The number of aromatic nitrogens is 4. The molecule has 0 aliphatic carbocycles. The molecule has 0 unspecified atom stereocenters. The maximum absolute atomic E-state index is 13.1. The third kappa shape index (κ3) is 4.60. The number of benzene rings is 2. The van der Waals surface area contributed by atoms with E-state index in [-0.39, 0.29) is 31.6 Å². The zero-order valence-electron chi connectivity index (χ0n) is 19.0. The van der Waals surface area contributed by atoms with Gasteiger partial charge >= 0.3 is 17.3 Å². The molecule has 0 atom stereocenters. The zero-order valence-corrected chi connectivity index (χ0v) is 19.8. The van der Waals surface area contributed by atoms with Crippen molar-refractivity contribution in [1.82, 2.24) is 18.7 Å². The molecule has 0 fully saturated rings. The Kier molecular flexibility index (Phi) is 6.56. The Bertz CT molecular complexity index is 1480. The highest BCUT2D eigenvalue weighted by Gasteiger charge is 2.15. The van der Waals surface area contributed by atoms with Crippen LogP contribution in [0.3, 0.4) is 0 Å². The molecule has 0 saturated heterocycles. The van der Waals surface area contributed by atoms with Crippen LogP contribution in [0.5, 0.6) is 0 Å². The summed E-state index contributed by atoms with van der Waals surface area (Å²) in [5.41, 5.74) is 2.05. The first-order valence-electron chi connectivity index (χ1n) is 10.7. The van der Waals surface area contributed by atoms with Crippen LogP contribution in [-0.2, 0) is 29.2 Å². The number of rotatable bonds is 7. The van der Waals surface area contributed by atoms with Gasteiger partial charge in [0.2, 0.25) is 5.95 Å². The molecule has 4 aromatic rings. The fourth-order valence-electron chi connectivity index (χ4n) is 3.81. The Morgan fingerprint density at radius 2 is 1.79 bits per heavy atom. The fraction of sp³-hybridized carbons (Fsp3) is 0.250. The Labute approximate surface area is 200 Å². The first-order valence-corrected chi connectivity index (χ1v) is 11.1. The molecule has 2 aromatic carbocycles. The highest BCUT2D eigenvalue weighted by atomic mass is 35.5. The average Bonchev–Trinajstić information content (AvgIpc) is 3.12. The number of carbonyl (C=O) groups excluding carboxylic acids is 1. The highest BCUT2D eigenvalue weighted by molar-refractivity contribution is 6.30. The van der Waals surface area contributed by atoms with Crippen LogP contribution in [0.25, 0.3) is 10.9 Å². The third-order valence-electron chi connectivity index (χ3n) is 5.60. The minimum atomic E-state index is -0.631. The predicted molar refractivity (Wildman–Crippen MR) is 131 cm³/mol. The smallest absolute Gasteiger partial charge is 0.354 e. The Morgan fingerprint density at radius 3 is 2.47 bits per heavy atom. The molecule has 0 radical (unpaired) electrons. The lowest BCUT2D eigenvalue weighted by atomic mass is 10.2. The van der Waals surface area contributed by atoms with Crippen LogP contribution >= 0.6 is 11.6 Å². The van der Waals surface area contributed by atoms with Crippen LogP contribution in [0.2, 0.25) is 5.02 Å². The Morgan fingerprint density at radius 1 is 1.06 bits per heavy atom. The van der Waals surface area contributed by atoms with E-state index in [1.807, 2.05) is 47.9 Å². The lowest BCUT2D eigenvalue weighted by Gasteiger charge is -2.15. The van der Waals surface area contributed by atoms with Crippen LogP contribution < -0.4 is 16.7 Å². The van der Waals surface area contributed by atoms with Gasteiger partial charge in [-0.3, -0.25) is 9.36 Å². The molecule has 0 saturated carbocycles. The molecule has 0 spiro atoms. The van der Waals surface area contributed by atoms with E-state index in [9.17, 15) is 14.4 Å². The molecular weight excluding hydrogens is 458 g/mol. The summed E-state index contributed by atoms with van der Waals surface area (Å²) < 4.78 is 9.15. The number of hydrogen-bond acceptors (Lipinski definition) is 6. The van der Waals surface area contributed by atoms with Crippen LogP contribution in [0.1, 0.15) is 18.2 Å². The third-order valence-corrected chi connectivity index (χ3v) is 5.85. The van der Waals surface area contributed by atoms with Crippen molar-refractivity contribution in [2.45, 2.75) is 33.5 Å². The van der Waals surface area contributed by atoms with Gasteiger partial charge in [0, 0.05) is 28.3 Å². The molecule has 0 amide bonds. The van der Waals surface area contributed by atoms with Crippen LogP contribution in [-0.4, -0.2) is 31.8 Å². The maximum atomic E-state index is 13.1. The largest absolute Gasteiger partial charge is 0.468 e. The van der Waals surface area contributed by atoms with Gasteiger partial charge in [0.1, 0.15) is 6.54 Å². The predicted octanol–water partition coefficient (Wildman–Crippen LogP) is 3.31. The summed E-state index contributed by atoms with van der Waals surface area (Å²) in [6, 6.07) is 14.6. The van der Waals surface area contributed by atoms with E-state index in [0.29, 0.717) is 10.7 Å². The second kappa shape index (κ2) is 9.56. The molecule has 2 aromatic heterocycles. The summed E-state index contributed by atoms with van der Waals surface area (Å²) >= 11 is 5.99. The number of nitrogens with zero attached hydrogens (tertiary/aromatic N) is 4. The number of carbonyl (C=O) groups is 1. The number of esters is 1. The van der Waals surface area contributed by atoms with Gasteiger partial charge in [0.25, 0.3) is 0 Å². The van der Waals surface area contributed by atoms with E-state index in [4.69, 9.17) is 16.3 Å². The second-order valence-corrected chi connectivity index (χ2v) is 8.24. The Hall–Kier alpha value is -3.85. The van der Waals surface area contributed by atoms with Gasteiger partial charge in [-0.25, -0.2) is 14.2 Å². The van der Waals surface area contributed by atoms with Crippen molar-refractivity contribution >= 4 is 40.1 Å². The minimum Gasteiger partial charge on any atom is -0.468 e. The number of hydrogen-bond donors (Lipinski definition) is 1. The monoisotopic (exact) mass is 481 g/mol. The van der Waals surface area contributed by atoms with Gasteiger partial charge in [-0.2, -0.15) is 4.98 Å². The van der Waals surface area contributed by atoms with E-state index >= 15 is 0 Å². The average molecular weight is 482 g/mol. The fourth-order valence-corrected chi connectivity index (χ4v) is 3.94. The number of anilines is 2. The highest BCUT2D eigenvalue weighted by Crippen LogP contribution is 2.25. The van der Waals surface area contributed by atoms with Crippen LogP contribution in [0, 0.1) is 6.92 Å². The number of ether oxygens (including phenoxy) is 1. The van der Waals surface area contributed by atoms with Crippen molar-refractivity contribution < 1.29 is 9.53 Å². The van der Waals surface area contributed by atoms with E-state index in [0.717, 1.165) is 26.7 Å². The summed E-state index contributed by atoms with van der Waals surface area (Å²) in [6.45, 7) is 4.10. The standard InChI is InChI=1S/C24H24ClN5O4/c1-4-28-23(32)27-22(30(24(28)33)13-16-5-8-18(25)9-6-16)26-19-10-7-17-11-15(2)29(20(17)12-19)14-21(31)34-3/h5-12H,4,13-14H2,1-3H3,(H,26,27,32). The van der Waals surface area contributed by atoms with E-state index in [1.54, 1.807) is 19.1 Å². The minimum absolute atomic E-state index is 0.0708. The molecule has 10 heteroatoms. The van der Waals surface area contributed by atoms with Crippen molar-refractivity contribution in [2.24, 2.45) is 0 Å². The van der Waals surface area contributed by atoms with Crippen molar-refractivity contribution in [3.8, 4) is 0 Å². The van der Waals surface area contributed by atoms with Gasteiger partial charge in [0.15, 0.2) is 0 Å². The SMILES string of the molecule is CCn1c(=O)nc(Nc2ccc3cc(C)n(CC(=O)OC)c3c2)n(Cc2ccc(Cl)cc2)c1=O. The molecule has 9 nitrogen and oxygen atoms in total. The maximum Gasteiger partial charge on any atom is 0.354 e. The topological polar surface area (TPSA) is 100 Å². The van der Waals surface area contributed by atoms with Crippen LogP contribution in [0.4, 0.5) is 11.6 Å². The number of nitrogens with one attached hydrogen (secondary N) is 1. The van der Waals surface area contributed by atoms with Gasteiger partial charge in [0.05, 0.1) is 19.2 Å². The van der Waals surface area contributed by atoms with Crippen LogP contribution in [0.15, 0.2) is 58.1 Å². The second-order valence-electron chi connectivity index (χ2n) is 7.80. The molecule has 34 heavy (non-hydrogen) atoms. The van der Waals surface area contributed by atoms with Gasteiger partial charge in [-0.1, -0.05) is 29.8 Å². The first kappa shape index (κ1) is 23.3. The molecule has 2 heterocycles. The first-order chi connectivity index (χ1) is 16.3. The normalized spacial score (nSPS) is 11.1. The molecular formula is C24H24ClN5O4. The van der Waals surface area contributed by atoms with Gasteiger partial charge in [-0.05, 0) is 49.7 Å². The number of aryl methyl sites for hydroxylation is 1. The molecule has 1 N–H and O–H groups in total. The van der Waals surface area contributed by atoms with E-state index in [1.165, 1.54) is 11.7 Å². The number of halogens is 1. The quantitative estimate of drug-likeness (QED) is 0.406. The zero-order chi connectivity index (χ0) is 24.4. The number of methoxy groups -OCH3 is 1. The van der Waals surface area contributed by atoms with Crippen molar-refractivity contribution in [3.63, 3.8) is 0 Å². The molecule has 0 aliphatic rings. The summed E-state index contributed by atoms with van der Waals surface area (Å²) in [4.78, 5) is 41.6. The summed E-state index contributed by atoms with van der Waals surface area (Å²) in [6.07, 6.45) is 0. The van der Waals surface area contributed by atoms with Gasteiger partial charge < -0.3 is 14.6 Å². The summed E-state index contributed by atoms with van der Waals surface area (Å²) in [5, 5.41) is 4.65. The molecule has 4 rings (SSSR count). The van der Waals surface area contributed by atoms with Gasteiger partial charge in [-0.15, -0.1) is 0 Å². The van der Waals surface area contributed by atoms with Crippen molar-refractivity contribution in [2.75, 3.05) is 12.4 Å². The van der Waals surface area contributed by atoms with Crippen molar-refractivity contribution in [3.05, 3.63) is 85.8 Å². The number of fused-ring (bicyclic) bond motifs is 1. The Balaban J connectivity index is 1.77. The summed E-state index contributed by atoms with van der Waals surface area (Å²) in [5.74, 6) is -0.239.